The predicted molar refractivity (Wildman–Crippen MR) is 120 cm³/mol. The topological polar surface area (TPSA) is 46.6 Å². The monoisotopic (exact) mass is 419 g/mol. The summed E-state index contributed by atoms with van der Waals surface area (Å²) in [6.45, 7) is 2.32. The summed E-state index contributed by atoms with van der Waals surface area (Å²) in [5, 5.41) is 0. The van der Waals surface area contributed by atoms with Crippen molar-refractivity contribution in [3.63, 3.8) is 0 Å². The van der Waals surface area contributed by atoms with E-state index in [0.717, 1.165) is 29.5 Å². The number of hydrogen-bond acceptors (Lipinski definition) is 3. The third-order valence-corrected chi connectivity index (χ3v) is 5.12. The number of carbonyl (C=O) groups is 2. The third kappa shape index (κ3) is 5.57. The number of benzene rings is 3. The van der Waals surface area contributed by atoms with Crippen molar-refractivity contribution >= 4 is 17.6 Å². The van der Waals surface area contributed by atoms with Gasteiger partial charge < -0.3 is 9.64 Å². The highest BCUT2D eigenvalue weighted by Crippen LogP contribution is 2.25. The summed E-state index contributed by atoms with van der Waals surface area (Å²) in [7, 11) is 1.35. The van der Waals surface area contributed by atoms with E-state index < -0.39 is 5.82 Å². The highest BCUT2D eigenvalue weighted by molar-refractivity contribution is 5.93. The molecule has 0 N–H and O–H groups in total. The van der Waals surface area contributed by atoms with Crippen molar-refractivity contribution in [1.29, 1.82) is 0 Å². The van der Waals surface area contributed by atoms with Crippen molar-refractivity contribution in [1.82, 2.24) is 0 Å². The summed E-state index contributed by atoms with van der Waals surface area (Å²) >= 11 is 0. The van der Waals surface area contributed by atoms with Crippen LogP contribution in [-0.4, -0.2) is 19.0 Å². The fourth-order valence-electron chi connectivity index (χ4n) is 3.34. The third-order valence-electron chi connectivity index (χ3n) is 5.12. The van der Waals surface area contributed by atoms with Gasteiger partial charge in [0.2, 0.25) is 5.91 Å². The van der Waals surface area contributed by atoms with E-state index in [2.05, 4.69) is 0 Å². The molecular weight excluding hydrogens is 393 g/mol. The maximum absolute atomic E-state index is 14.4. The van der Waals surface area contributed by atoms with E-state index in [9.17, 15) is 14.0 Å². The first-order valence-electron chi connectivity index (χ1n) is 10.4. The Bertz CT molecular complexity index is 1030. The van der Waals surface area contributed by atoms with Crippen molar-refractivity contribution in [3.8, 4) is 11.1 Å². The van der Waals surface area contributed by atoms with Crippen molar-refractivity contribution < 1.29 is 18.7 Å². The van der Waals surface area contributed by atoms with Crippen LogP contribution in [0, 0.1) is 5.82 Å². The number of methoxy groups -OCH3 is 1. The number of ether oxygens (including phenoxy) is 1. The standard InChI is InChI=1S/C26H26FNO3/c1-3-4-9-25(29)28(24-8-6-5-7-23(24)27)18-19-10-12-20(13-11-19)21-14-16-22(17-15-21)26(30)31-2/h5-8,10-17H,3-4,9,18H2,1-2H3. The average Bonchev–Trinajstić information content (AvgIpc) is 2.81. The lowest BCUT2D eigenvalue weighted by molar-refractivity contribution is -0.118. The number of esters is 1. The lowest BCUT2D eigenvalue weighted by Crippen LogP contribution is -2.30. The van der Waals surface area contributed by atoms with Crippen LogP contribution in [0.5, 0.6) is 0 Å². The molecular formula is C26H26FNO3. The predicted octanol–water partition coefficient (Wildman–Crippen LogP) is 6.00. The van der Waals surface area contributed by atoms with E-state index in [1.807, 2.05) is 43.3 Å². The molecule has 0 bridgehead atoms. The molecule has 0 spiro atoms. The average molecular weight is 419 g/mol. The Morgan fingerprint density at radius 2 is 1.52 bits per heavy atom. The number of rotatable bonds is 8. The number of carbonyl (C=O) groups excluding carboxylic acids is 2. The minimum Gasteiger partial charge on any atom is -0.465 e. The van der Waals surface area contributed by atoms with Gasteiger partial charge in [0.05, 0.1) is 24.9 Å². The molecule has 0 radical (unpaired) electrons. The van der Waals surface area contributed by atoms with Crippen LogP contribution in [0.15, 0.2) is 72.8 Å². The van der Waals surface area contributed by atoms with E-state index >= 15 is 0 Å². The molecule has 3 aromatic carbocycles. The summed E-state index contributed by atoms with van der Waals surface area (Å²) in [6, 6.07) is 21.3. The molecule has 3 rings (SSSR count). The molecule has 3 aromatic rings. The Hall–Kier alpha value is -3.47. The van der Waals surface area contributed by atoms with E-state index in [0.29, 0.717) is 24.2 Å². The molecule has 1 amide bonds. The summed E-state index contributed by atoms with van der Waals surface area (Å²) < 4.78 is 19.1. The molecule has 0 aliphatic heterocycles. The van der Waals surface area contributed by atoms with Crippen LogP contribution in [-0.2, 0) is 16.1 Å². The van der Waals surface area contributed by atoms with Crippen LogP contribution >= 0.6 is 0 Å². The molecule has 0 aliphatic rings. The zero-order chi connectivity index (χ0) is 22.2. The molecule has 0 saturated heterocycles. The molecule has 4 nitrogen and oxygen atoms in total. The summed E-state index contributed by atoms with van der Waals surface area (Å²) in [4.78, 5) is 25.9. The summed E-state index contributed by atoms with van der Waals surface area (Å²) in [6.07, 6.45) is 2.06. The number of hydrogen-bond donors (Lipinski definition) is 0. The minimum atomic E-state index is -0.408. The van der Waals surface area contributed by atoms with Crippen molar-refractivity contribution in [3.05, 3.63) is 89.7 Å². The molecule has 0 fully saturated rings. The number of nitrogens with zero attached hydrogens (tertiary/aromatic N) is 1. The Labute approximate surface area is 182 Å². The van der Waals surface area contributed by atoms with Crippen LogP contribution in [0.1, 0.15) is 42.1 Å². The molecule has 0 aliphatic carbocycles. The first-order chi connectivity index (χ1) is 15.0. The van der Waals surface area contributed by atoms with Gasteiger partial charge in [-0.25, -0.2) is 9.18 Å². The smallest absolute Gasteiger partial charge is 0.337 e. The highest BCUT2D eigenvalue weighted by atomic mass is 19.1. The van der Waals surface area contributed by atoms with Crippen LogP contribution in [0.3, 0.4) is 0 Å². The number of halogens is 1. The van der Waals surface area contributed by atoms with Crippen LogP contribution < -0.4 is 4.90 Å². The van der Waals surface area contributed by atoms with Crippen LogP contribution in [0.4, 0.5) is 10.1 Å². The zero-order valence-electron chi connectivity index (χ0n) is 17.8. The Kier molecular flexibility index (Phi) is 7.55. The van der Waals surface area contributed by atoms with Crippen LogP contribution in [0.25, 0.3) is 11.1 Å². The van der Waals surface area contributed by atoms with E-state index in [1.54, 1.807) is 30.3 Å². The molecule has 0 aromatic heterocycles. The molecule has 0 atom stereocenters. The van der Waals surface area contributed by atoms with Gasteiger partial charge in [-0.3, -0.25) is 4.79 Å². The normalized spacial score (nSPS) is 10.5. The second-order valence-electron chi connectivity index (χ2n) is 7.30. The first-order valence-corrected chi connectivity index (χ1v) is 10.4. The molecule has 5 heteroatoms. The number of anilines is 1. The first kappa shape index (κ1) is 22.2. The van der Waals surface area contributed by atoms with Crippen molar-refractivity contribution in [2.75, 3.05) is 12.0 Å². The molecule has 0 heterocycles. The van der Waals surface area contributed by atoms with Gasteiger partial charge in [0, 0.05) is 6.42 Å². The lowest BCUT2D eigenvalue weighted by Gasteiger charge is -2.23. The number of unbranched alkanes of at least 4 members (excludes halogenated alkanes) is 1. The van der Waals surface area contributed by atoms with E-state index in [1.165, 1.54) is 18.1 Å². The Morgan fingerprint density at radius 1 is 0.903 bits per heavy atom. The van der Waals surface area contributed by atoms with Gasteiger partial charge in [-0.05, 0) is 47.4 Å². The van der Waals surface area contributed by atoms with Gasteiger partial charge in [0.15, 0.2) is 0 Å². The number of amides is 1. The Morgan fingerprint density at radius 3 is 2.10 bits per heavy atom. The lowest BCUT2D eigenvalue weighted by atomic mass is 10.0. The second kappa shape index (κ2) is 10.5. The quantitative estimate of drug-likeness (QED) is 0.421. The van der Waals surface area contributed by atoms with Crippen molar-refractivity contribution in [2.45, 2.75) is 32.7 Å². The molecule has 0 unspecified atom stereocenters. The largest absolute Gasteiger partial charge is 0.465 e. The zero-order valence-corrected chi connectivity index (χ0v) is 17.8. The minimum absolute atomic E-state index is 0.0885. The number of para-hydroxylation sites is 1. The summed E-state index contributed by atoms with van der Waals surface area (Å²) in [5.41, 5.74) is 3.64. The van der Waals surface area contributed by atoms with Crippen molar-refractivity contribution in [2.24, 2.45) is 0 Å². The molecule has 0 saturated carbocycles. The molecule has 160 valence electrons. The van der Waals surface area contributed by atoms with Gasteiger partial charge in [0.1, 0.15) is 5.82 Å². The van der Waals surface area contributed by atoms with E-state index in [-0.39, 0.29) is 11.9 Å². The fourth-order valence-corrected chi connectivity index (χ4v) is 3.34. The second-order valence-corrected chi connectivity index (χ2v) is 7.30. The van der Waals surface area contributed by atoms with Gasteiger partial charge in [-0.1, -0.05) is 61.9 Å². The van der Waals surface area contributed by atoms with Gasteiger partial charge >= 0.3 is 5.97 Å². The Balaban J connectivity index is 1.80. The molecule has 31 heavy (non-hydrogen) atoms. The summed E-state index contributed by atoms with van der Waals surface area (Å²) in [5.74, 6) is -0.869. The fraction of sp³-hybridized carbons (Fsp3) is 0.231. The maximum atomic E-state index is 14.4. The van der Waals surface area contributed by atoms with Gasteiger partial charge in [0.25, 0.3) is 0 Å². The van der Waals surface area contributed by atoms with E-state index in [4.69, 9.17) is 4.74 Å². The van der Waals surface area contributed by atoms with Crippen LogP contribution in [0.2, 0.25) is 0 Å². The van der Waals surface area contributed by atoms with Gasteiger partial charge in [-0.15, -0.1) is 0 Å². The highest BCUT2D eigenvalue weighted by Gasteiger charge is 2.19. The maximum Gasteiger partial charge on any atom is 0.337 e. The SMILES string of the molecule is CCCCC(=O)N(Cc1ccc(-c2ccc(C(=O)OC)cc2)cc1)c1ccccc1F. The van der Waals surface area contributed by atoms with Gasteiger partial charge in [-0.2, -0.15) is 0 Å².